The van der Waals surface area contributed by atoms with Crippen LogP contribution in [0.4, 0.5) is 0 Å². The zero-order chi connectivity index (χ0) is 16.0. The van der Waals surface area contributed by atoms with Crippen LogP contribution >= 0.6 is 0 Å². The molecule has 3 aromatic rings. The summed E-state index contributed by atoms with van der Waals surface area (Å²) in [5.41, 5.74) is 1.46. The standard InChI is InChI=1S/C21H19N2.BrH/c22-18-21(19-10-4-1-5-11-19,20-12-6-2-7-13-20)14-17-23-15-8-3-9-16-23;/h1-13,15-16H,14,17H2;1H/q+1;/p-1. The van der Waals surface area contributed by atoms with Crippen LogP contribution in [0.15, 0.2) is 91.3 Å². The summed E-state index contributed by atoms with van der Waals surface area (Å²) >= 11 is 0. The molecule has 3 heteroatoms. The van der Waals surface area contributed by atoms with Gasteiger partial charge in [0.25, 0.3) is 0 Å². The van der Waals surface area contributed by atoms with E-state index in [0.717, 1.165) is 24.1 Å². The van der Waals surface area contributed by atoms with E-state index >= 15 is 0 Å². The number of pyridine rings is 1. The number of hydrogen-bond donors (Lipinski definition) is 0. The summed E-state index contributed by atoms with van der Waals surface area (Å²) in [6, 6.07) is 28.8. The van der Waals surface area contributed by atoms with E-state index in [-0.39, 0.29) is 17.0 Å². The van der Waals surface area contributed by atoms with Crippen molar-refractivity contribution in [3.63, 3.8) is 0 Å². The van der Waals surface area contributed by atoms with Gasteiger partial charge in [0.1, 0.15) is 5.41 Å². The molecule has 24 heavy (non-hydrogen) atoms. The SMILES string of the molecule is N#CC(CC[n+]1ccccc1)(c1ccccc1)c1ccccc1.[Br-]. The monoisotopic (exact) mass is 378 g/mol. The lowest BCUT2D eigenvalue weighted by atomic mass is 9.73. The van der Waals surface area contributed by atoms with Gasteiger partial charge < -0.3 is 17.0 Å². The molecule has 0 N–H and O–H groups in total. The highest BCUT2D eigenvalue weighted by molar-refractivity contribution is 5.45. The molecule has 0 fully saturated rings. The summed E-state index contributed by atoms with van der Waals surface area (Å²) in [6.45, 7) is 0.790. The zero-order valence-electron chi connectivity index (χ0n) is 13.3. The van der Waals surface area contributed by atoms with Gasteiger partial charge in [0.05, 0.1) is 6.07 Å². The second-order valence-corrected chi connectivity index (χ2v) is 5.61. The van der Waals surface area contributed by atoms with Gasteiger partial charge in [-0.15, -0.1) is 0 Å². The topological polar surface area (TPSA) is 27.7 Å². The van der Waals surface area contributed by atoms with E-state index in [1.165, 1.54) is 0 Å². The average Bonchev–Trinajstić information content (AvgIpc) is 2.65. The van der Waals surface area contributed by atoms with E-state index in [0.29, 0.717) is 0 Å². The molecule has 2 nitrogen and oxygen atoms in total. The third-order valence-electron chi connectivity index (χ3n) is 4.25. The van der Waals surface area contributed by atoms with E-state index in [1.54, 1.807) is 0 Å². The first-order chi connectivity index (χ1) is 11.3. The van der Waals surface area contributed by atoms with Gasteiger partial charge in [-0.1, -0.05) is 66.7 Å². The lowest BCUT2D eigenvalue weighted by Gasteiger charge is -2.26. The molecule has 0 aliphatic carbocycles. The fourth-order valence-electron chi connectivity index (χ4n) is 2.97. The molecule has 0 saturated heterocycles. The van der Waals surface area contributed by atoms with Crippen molar-refractivity contribution in [1.82, 2.24) is 0 Å². The van der Waals surface area contributed by atoms with Crippen LogP contribution in [0.25, 0.3) is 0 Å². The van der Waals surface area contributed by atoms with Gasteiger partial charge in [-0.25, -0.2) is 4.57 Å². The van der Waals surface area contributed by atoms with Crippen molar-refractivity contribution in [3.05, 3.63) is 102 Å². The van der Waals surface area contributed by atoms with E-state index < -0.39 is 5.41 Å². The van der Waals surface area contributed by atoms with Gasteiger partial charge in [-0.2, -0.15) is 5.26 Å². The molecule has 0 aliphatic heterocycles. The van der Waals surface area contributed by atoms with Crippen LogP contribution in [0, 0.1) is 11.3 Å². The molecular formula is C21H19BrN2. The smallest absolute Gasteiger partial charge is 0.168 e. The van der Waals surface area contributed by atoms with Crippen LogP contribution in [0.2, 0.25) is 0 Å². The Balaban J connectivity index is 0.00000208. The maximum absolute atomic E-state index is 10.1. The van der Waals surface area contributed by atoms with Crippen molar-refractivity contribution in [2.75, 3.05) is 0 Å². The Labute approximate surface area is 153 Å². The van der Waals surface area contributed by atoms with E-state index in [4.69, 9.17) is 0 Å². The second kappa shape index (κ2) is 8.42. The third kappa shape index (κ3) is 3.72. The number of benzene rings is 2. The Morgan fingerprint density at radius 1 is 0.750 bits per heavy atom. The molecule has 0 unspecified atom stereocenters. The normalized spacial score (nSPS) is 10.5. The number of rotatable bonds is 5. The minimum absolute atomic E-state index is 0. The Bertz CT molecular complexity index is 741. The maximum atomic E-state index is 10.1. The quantitative estimate of drug-likeness (QED) is 0.605. The molecule has 0 saturated carbocycles. The highest BCUT2D eigenvalue weighted by Gasteiger charge is 2.35. The molecule has 0 radical (unpaired) electrons. The number of aryl methyl sites for hydroxylation is 1. The number of hydrogen-bond acceptors (Lipinski definition) is 1. The van der Waals surface area contributed by atoms with Crippen molar-refractivity contribution in [2.24, 2.45) is 0 Å². The summed E-state index contributed by atoms with van der Waals surface area (Å²) in [6.07, 6.45) is 4.81. The second-order valence-electron chi connectivity index (χ2n) is 5.61. The minimum atomic E-state index is -0.634. The minimum Gasteiger partial charge on any atom is -1.00 e. The molecule has 0 bridgehead atoms. The Hall–Kier alpha value is -2.44. The van der Waals surface area contributed by atoms with Gasteiger partial charge in [0, 0.05) is 18.6 Å². The van der Waals surface area contributed by atoms with Crippen molar-refractivity contribution in [2.45, 2.75) is 18.4 Å². The van der Waals surface area contributed by atoms with Gasteiger partial charge in [0.15, 0.2) is 18.9 Å². The molecule has 1 aromatic heterocycles. The first kappa shape index (κ1) is 17.9. The summed E-state index contributed by atoms with van der Waals surface area (Å²) in [5.74, 6) is 0. The highest BCUT2D eigenvalue weighted by Crippen LogP contribution is 2.35. The van der Waals surface area contributed by atoms with Gasteiger partial charge in [-0.3, -0.25) is 0 Å². The molecule has 0 amide bonds. The number of nitriles is 1. The lowest BCUT2D eigenvalue weighted by Crippen LogP contribution is -3.00. The molecule has 1 heterocycles. The Morgan fingerprint density at radius 2 is 1.21 bits per heavy atom. The summed E-state index contributed by atoms with van der Waals surface area (Å²) in [4.78, 5) is 0. The van der Waals surface area contributed by atoms with Gasteiger partial charge in [-0.05, 0) is 11.1 Å². The molecular weight excluding hydrogens is 360 g/mol. The predicted molar refractivity (Wildman–Crippen MR) is 90.5 cm³/mol. The first-order valence-electron chi connectivity index (χ1n) is 7.81. The van der Waals surface area contributed by atoms with Crippen molar-refractivity contribution >= 4 is 0 Å². The maximum Gasteiger partial charge on any atom is 0.168 e. The first-order valence-corrected chi connectivity index (χ1v) is 7.81. The predicted octanol–water partition coefficient (Wildman–Crippen LogP) is 0.878. The van der Waals surface area contributed by atoms with Crippen molar-refractivity contribution < 1.29 is 21.5 Å². The molecule has 2 aromatic carbocycles. The Morgan fingerprint density at radius 3 is 1.67 bits per heavy atom. The van der Waals surface area contributed by atoms with Crippen LogP contribution in [0.1, 0.15) is 17.5 Å². The molecule has 0 atom stereocenters. The summed E-state index contributed by atoms with van der Waals surface area (Å²) in [5, 5.41) is 10.1. The molecule has 0 spiro atoms. The fourth-order valence-corrected chi connectivity index (χ4v) is 2.97. The van der Waals surface area contributed by atoms with Crippen LogP contribution in [-0.4, -0.2) is 0 Å². The third-order valence-corrected chi connectivity index (χ3v) is 4.25. The van der Waals surface area contributed by atoms with Crippen LogP contribution < -0.4 is 21.5 Å². The number of halogens is 1. The van der Waals surface area contributed by atoms with E-state index in [9.17, 15) is 5.26 Å². The average molecular weight is 379 g/mol. The summed E-state index contributed by atoms with van der Waals surface area (Å²) < 4.78 is 2.12. The summed E-state index contributed by atoms with van der Waals surface area (Å²) in [7, 11) is 0. The lowest BCUT2D eigenvalue weighted by molar-refractivity contribution is -0.698. The van der Waals surface area contributed by atoms with E-state index in [2.05, 4.69) is 10.6 Å². The fraction of sp³-hybridized carbons (Fsp3) is 0.143. The van der Waals surface area contributed by atoms with Crippen molar-refractivity contribution in [3.8, 4) is 6.07 Å². The van der Waals surface area contributed by atoms with Crippen LogP contribution in [0.3, 0.4) is 0 Å². The molecule has 3 rings (SSSR count). The number of aromatic nitrogens is 1. The molecule has 120 valence electrons. The Kier molecular flexibility index (Phi) is 6.28. The van der Waals surface area contributed by atoms with E-state index in [1.807, 2.05) is 91.3 Å². The number of nitrogens with zero attached hydrogens (tertiary/aromatic N) is 2. The van der Waals surface area contributed by atoms with Gasteiger partial charge >= 0.3 is 0 Å². The largest absolute Gasteiger partial charge is 1.00 e. The van der Waals surface area contributed by atoms with Gasteiger partial charge in [0.2, 0.25) is 0 Å². The molecule has 0 aliphatic rings. The van der Waals surface area contributed by atoms with Crippen LogP contribution in [0.5, 0.6) is 0 Å². The highest BCUT2D eigenvalue weighted by atomic mass is 79.9. The van der Waals surface area contributed by atoms with Crippen LogP contribution in [-0.2, 0) is 12.0 Å². The van der Waals surface area contributed by atoms with Crippen molar-refractivity contribution in [1.29, 1.82) is 5.26 Å². The zero-order valence-corrected chi connectivity index (χ0v) is 14.9.